The fourth-order valence-electron chi connectivity index (χ4n) is 0.486. The maximum absolute atomic E-state index is 10.7. The van der Waals surface area contributed by atoms with Crippen LogP contribution < -0.4 is 0 Å². The summed E-state index contributed by atoms with van der Waals surface area (Å²) >= 11 is 0. The molecule has 1 N–H and O–H groups in total. The molecule has 0 saturated heterocycles. The van der Waals surface area contributed by atoms with Gasteiger partial charge in [-0.15, -0.1) is 0 Å². The molecule has 0 saturated carbocycles. The van der Waals surface area contributed by atoms with Gasteiger partial charge in [0, 0.05) is 13.1 Å². The lowest BCUT2D eigenvalue weighted by Gasteiger charge is -2.02. The van der Waals surface area contributed by atoms with Crippen molar-refractivity contribution in [1.29, 1.82) is 0 Å². The Morgan fingerprint density at radius 2 is 2.60 bits per heavy atom. The highest BCUT2D eigenvalue weighted by atomic mass is 16.5. The molecule has 1 amide bonds. The van der Waals surface area contributed by atoms with Gasteiger partial charge in [-0.2, -0.15) is 0 Å². The number of carbonyl (C=O) groups is 1. The van der Waals surface area contributed by atoms with E-state index in [0.29, 0.717) is 5.06 Å². The smallest absolute Gasteiger partial charge is 0.315 e. The highest BCUT2D eigenvalue weighted by molar-refractivity contribution is 5.90. The summed E-state index contributed by atoms with van der Waals surface area (Å²) in [6, 6.07) is 1.37. The Balaban J connectivity index is 2.78. The summed E-state index contributed by atoms with van der Waals surface area (Å²) in [6.45, 7) is 0. The molecule has 0 aliphatic rings. The first-order valence-electron chi connectivity index (χ1n) is 2.59. The summed E-state index contributed by atoms with van der Waals surface area (Å²) in [6.07, 6.45) is 1.33. The summed E-state index contributed by atoms with van der Waals surface area (Å²) in [5, 5.41) is 12.3. The Morgan fingerprint density at radius 3 is 3.00 bits per heavy atom. The Hall–Kier alpha value is -1.36. The summed E-state index contributed by atoms with van der Waals surface area (Å²) in [7, 11) is 1.21. The van der Waals surface area contributed by atoms with Gasteiger partial charge in [-0.25, -0.2) is 5.06 Å². The first-order chi connectivity index (χ1) is 4.72. The van der Waals surface area contributed by atoms with Gasteiger partial charge in [0.2, 0.25) is 5.76 Å². The van der Waals surface area contributed by atoms with E-state index in [1.54, 1.807) is 0 Å². The van der Waals surface area contributed by atoms with Crippen molar-refractivity contribution in [3.05, 3.63) is 18.0 Å². The summed E-state index contributed by atoms with van der Waals surface area (Å²) < 4.78 is 4.46. The van der Waals surface area contributed by atoms with Crippen LogP contribution in [0.1, 0.15) is 10.6 Å². The predicted molar refractivity (Wildman–Crippen MR) is 30.4 cm³/mol. The van der Waals surface area contributed by atoms with Crippen molar-refractivity contribution in [1.82, 2.24) is 10.2 Å². The Kier molecular flexibility index (Phi) is 1.68. The Bertz CT molecular complexity index is 217. The molecule has 1 aromatic rings. The van der Waals surface area contributed by atoms with E-state index in [1.807, 2.05) is 0 Å². The van der Waals surface area contributed by atoms with Crippen molar-refractivity contribution in [2.75, 3.05) is 7.05 Å². The second-order valence-corrected chi connectivity index (χ2v) is 1.71. The maximum Gasteiger partial charge on any atom is 0.315 e. The van der Waals surface area contributed by atoms with E-state index >= 15 is 0 Å². The number of nitrogens with zero attached hydrogens (tertiary/aromatic N) is 2. The molecule has 54 valence electrons. The average molecular weight is 142 g/mol. The lowest BCUT2D eigenvalue weighted by Crippen LogP contribution is -2.21. The van der Waals surface area contributed by atoms with Gasteiger partial charge < -0.3 is 4.52 Å². The number of amides is 1. The van der Waals surface area contributed by atoms with Crippen LogP contribution in [-0.2, 0) is 0 Å². The molecule has 1 aromatic heterocycles. The third-order valence-electron chi connectivity index (χ3n) is 0.943. The fraction of sp³-hybridized carbons (Fsp3) is 0.200. The van der Waals surface area contributed by atoms with Crippen molar-refractivity contribution < 1.29 is 14.5 Å². The molecule has 0 aromatic carbocycles. The van der Waals surface area contributed by atoms with Gasteiger partial charge in [-0.05, 0) is 0 Å². The molecule has 10 heavy (non-hydrogen) atoms. The SMILES string of the molecule is CN(O)C(=O)c1ccno1. The number of rotatable bonds is 1. The van der Waals surface area contributed by atoms with Gasteiger partial charge in [0.25, 0.3) is 0 Å². The van der Waals surface area contributed by atoms with Gasteiger partial charge in [0.1, 0.15) is 0 Å². The topological polar surface area (TPSA) is 66.6 Å². The zero-order chi connectivity index (χ0) is 7.56. The van der Waals surface area contributed by atoms with E-state index in [2.05, 4.69) is 9.68 Å². The van der Waals surface area contributed by atoms with Crippen LogP contribution in [0.4, 0.5) is 0 Å². The van der Waals surface area contributed by atoms with Gasteiger partial charge in [0.15, 0.2) is 0 Å². The molecule has 0 radical (unpaired) electrons. The number of hydrogen-bond donors (Lipinski definition) is 1. The molecule has 5 nitrogen and oxygen atoms in total. The van der Waals surface area contributed by atoms with Gasteiger partial charge in [0.05, 0.1) is 6.20 Å². The van der Waals surface area contributed by atoms with Crippen molar-refractivity contribution in [2.24, 2.45) is 0 Å². The Morgan fingerprint density at radius 1 is 1.90 bits per heavy atom. The zero-order valence-electron chi connectivity index (χ0n) is 5.31. The minimum atomic E-state index is -0.613. The number of hydrogen-bond acceptors (Lipinski definition) is 4. The van der Waals surface area contributed by atoms with E-state index in [4.69, 9.17) is 5.21 Å². The molecule has 0 spiro atoms. The molecule has 0 atom stereocenters. The summed E-state index contributed by atoms with van der Waals surface area (Å²) in [5.74, 6) is -0.595. The van der Waals surface area contributed by atoms with Gasteiger partial charge >= 0.3 is 5.91 Å². The van der Waals surface area contributed by atoms with Crippen LogP contribution in [-0.4, -0.2) is 28.4 Å². The highest BCUT2D eigenvalue weighted by Gasteiger charge is 2.12. The van der Waals surface area contributed by atoms with Crippen LogP contribution >= 0.6 is 0 Å². The third-order valence-corrected chi connectivity index (χ3v) is 0.943. The van der Waals surface area contributed by atoms with E-state index < -0.39 is 5.91 Å². The average Bonchev–Trinajstić information content (AvgIpc) is 2.36. The highest BCUT2D eigenvalue weighted by Crippen LogP contribution is 1.98. The summed E-state index contributed by atoms with van der Waals surface area (Å²) in [4.78, 5) is 10.7. The standard InChI is InChI=1S/C5H6N2O3/c1-7(9)5(8)4-2-3-6-10-4/h2-3,9H,1H3. The molecule has 1 heterocycles. The van der Waals surface area contributed by atoms with Crippen LogP contribution in [0.15, 0.2) is 16.8 Å². The normalized spacial score (nSPS) is 9.40. The molecule has 0 aliphatic carbocycles. The van der Waals surface area contributed by atoms with Gasteiger partial charge in [-0.3, -0.25) is 10.0 Å². The quantitative estimate of drug-likeness (QED) is 0.447. The number of hydroxylamine groups is 2. The number of carbonyl (C=O) groups excluding carboxylic acids is 1. The van der Waals surface area contributed by atoms with E-state index in [0.717, 1.165) is 0 Å². The molecule has 1 rings (SSSR count). The molecule has 0 unspecified atom stereocenters. The zero-order valence-corrected chi connectivity index (χ0v) is 5.31. The van der Waals surface area contributed by atoms with E-state index in [9.17, 15) is 4.79 Å². The minimum Gasteiger partial charge on any atom is -0.351 e. The van der Waals surface area contributed by atoms with Crippen molar-refractivity contribution >= 4 is 5.91 Å². The predicted octanol–water partition coefficient (Wildman–Crippen LogP) is 0.136. The van der Waals surface area contributed by atoms with Crippen molar-refractivity contribution in [2.45, 2.75) is 0 Å². The molecule has 0 fully saturated rings. The first kappa shape index (κ1) is 6.76. The second-order valence-electron chi connectivity index (χ2n) is 1.71. The van der Waals surface area contributed by atoms with E-state index in [1.165, 1.54) is 19.3 Å². The third kappa shape index (κ3) is 1.14. The van der Waals surface area contributed by atoms with Crippen LogP contribution in [0.5, 0.6) is 0 Å². The van der Waals surface area contributed by atoms with E-state index in [-0.39, 0.29) is 5.76 Å². The van der Waals surface area contributed by atoms with Crippen molar-refractivity contribution in [3.63, 3.8) is 0 Å². The fourth-order valence-corrected chi connectivity index (χ4v) is 0.486. The minimum absolute atomic E-state index is 0.0185. The molecular formula is C5H6N2O3. The lowest BCUT2D eigenvalue weighted by atomic mass is 10.4. The van der Waals surface area contributed by atoms with Crippen LogP contribution in [0.3, 0.4) is 0 Å². The van der Waals surface area contributed by atoms with Crippen LogP contribution in [0.2, 0.25) is 0 Å². The largest absolute Gasteiger partial charge is 0.351 e. The Labute approximate surface area is 56.8 Å². The molecule has 5 heteroatoms. The number of aromatic nitrogens is 1. The first-order valence-corrected chi connectivity index (χ1v) is 2.59. The lowest BCUT2D eigenvalue weighted by molar-refractivity contribution is -0.0401. The monoisotopic (exact) mass is 142 g/mol. The van der Waals surface area contributed by atoms with Crippen LogP contribution in [0.25, 0.3) is 0 Å². The molecule has 0 bridgehead atoms. The van der Waals surface area contributed by atoms with Gasteiger partial charge in [-0.1, -0.05) is 5.16 Å². The van der Waals surface area contributed by atoms with Crippen LogP contribution in [0, 0.1) is 0 Å². The second kappa shape index (κ2) is 2.49. The molecule has 0 aliphatic heterocycles. The molecular weight excluding hydrogens is 136 g/mol. The maximum atomic E-state index is 10.7. The van der Waals surface area contributed by atoms with Crippen molar-refractivity contribution in [3.8, 4) is 0 Å². The summed E-state index contributed by atoms with van der Waals surface area (Å²) in [5.41, 5.74) is 0.